The summed E-state index contributed by atoms with van der Waals surface area (Å²) in [6.45, 7) is 8.01. The van der Waals surface area contributed by atoms with Gasteiger partial charge in [-0.2, -0.15) is 5.26 Å². The Morgan fingerprint density at radius 3 is 1.93 bits per heavy atom. The third-order valence-corrected chi connectivity index (χ3v) is 8.94. The van der Waals surface area contributed by atoms with Crippen molar-refractivity contribution >= 4 is 11.3 Å². The molecule has 0 heterocycles. The van der Waals surface area contributed by atoms with Gasteiger partial charge in [0.1, 0.15) is 0 Å². The Hall–Kier alpha value is -5.78. The molecule has 5 aromatic carbocycles. The first-order chi connectivity index (χ1) is 21.6. The molecule has 0 saturated heterocycles. The third kappa shape index (κ3) is 4.14. The molecule has 0 aliphatic heterocycles. The first kappa shape index (κ1) is 27.1. The van der Waals surface area contributed by atoms with Crippen LogP contribution in [0.2, 0.25) is 0 Å². The van der Waals surface area contributed by atoms with Crippen molar-refractivity contribution in [3.63, 3.8) is 0 Å². The number of nitrogens with zero attached hydrogens (tertiary/aromatic N) is 1. The molecule has 0 aromatic heterocycles. The Morgan fingerprint density at radius 1 is 0.682 bits per heavy atom. The van der Waals surface area contributed by atoms with E-state index >= 15 is 0 Å². The number of nitrogens with one attached hydrogen (secondary N) is 1. The molecule has 2 heteroatoms. The molecule has 0 fully saturated rings. The number of allylic oxidation sites excluding steroid dienone is 6. The van der Waals surface area contributed by atoms with Crippen molar-refractivity contribution in [3.8, 4) is 39.4 Å². The Kier molecular flexibility index (Phi) is 6.65. The highest BCUT2D eigenvalue weighted by Crippen LogP contribution is 2.63. The summed E-state index contributed by atoms with van der Waals surface area (Å²) >= 11 is 0. The topological polar surface area (TPSA) is 47.6 Å². The summed E-state index contributed by atoms with van der Waals surface area (Å²) in [4.78, 5) is 0. The Balaban J connectivity index is 1.38. The van der Waals surface area contributed by atoms with Gasteiger partial charge in [-0.15, -0.1) is 0 Å². The molecule has 0 radical (unpaired) electrons. The number of hydrogen-bond donors (Lipinski definition) is 1. The smallest absolute Gasteiger partial charge is 0.0988 e. The number of rotatable bonds is 7. The molecule has 0 amide bonds. The Bertz CT molecular complexity index is 2050. The monoisotopic (exact) mass is 562 g/mol. The molecule has 0 unspecified atom stereocenters. The maximum Gasteiger partial charge on any atom is 0.0988 e. The van der Waals surface area contributed by atoms with Crippen LogP contribution in [0.1, 0.15) is 34.2 Å². The second-order valence-electron chi connectivity index (χ2n) is 11.3. The van der Waals surface area contributed by atoms with Crippen molar-refractivity contribution in [2.45, 2.75) is 11.8 Å². The van der Waals surface area contributed by atoms with E-state index in [0.29, 0.717) is 17.7 Å². The summed E-state index contributed by atoms with van der Waals surface area (Å²) in [5.41, 5.74) is 14.9. The number of hydrogen-bond acceptors (Lipinski definition) is 2. The average Bonchev–Trinajstić information content (AvgIpc) is 3.54. The third-order valence-electron chi connectivity index (χ3n) is 8.94. The van der Waals surface area contributed by atoms with Crippen LogP contribution >= 0.6 is 0 Å². The van der Waals surface area contributed by atoms with Gasteiger partial charge >= 0.3 is 0 Å². The predicted molar refractivity (Wildman–Crippen MR) is 183 cm³/mol. The van der Waals surface area contributed by atoms with Crippen LogP contribution in [0.15, 0.2) is 158 Å². The van der Waals surface area contributed by atoms with E-state index < -0.39 is 5.41 Å². The minimum atomic E-state index is -0.402. The molecule has 0 atom stereocenters. The van der Waals surface area contributed by atoms with Gasteiger partial charge in [-0.1, -0.05) is 135 Å². The first-order valence-electron chi connectivity index (χ1n) is 14.8. The first-order valence-corrected chi connectivity index (χ1v) is 14.8. The van der Waals surface area contributed by atoms with Crippen molar-refractivity contribution in [2.24, 2.45) is 0 Å². The van der Waals surface area contributed by atoms with E-state index in [9.17, 15) is 0 Å². The SMILES string of the molecule is C=C/C(C#N)=C\CC(=N)/C=C\C(=C)c1ccc2c(c1)-c1cc(-c3ccccc3)ccc1C21c2ccccc2-c2ccccc21. The largest absolute Gasteiger partial charge is 0.305 e. The molecule has 2 nitrogen and oxygen atoms in total. The van der Waals surface area contributed by atoms with Crippen molar-refractivity contribution in [1.82, 2.24) is 0 Å². The quantitative estimate of drug-likeness (QED) is 0.117. The van der Waals surface area contributed by atoms with E-state index in [-0.39, 0.29) is 0 Å². The lowest BCUT2D eigenvalue weighted by atomic mass is 9.70. The van der Waals surface area contributed by atoms with Crippen LogP contribution in [0.3, 0.4) is 0 Å². The van der Waals surface area contributed by atoms with Crippen LogP contribution in [0, 0.1) is 16.7 Å². The molecule has 208 valence electrons. The fraction of sp³-hybridized carbons (Fsp3) is 0.0476. The number of fused-ring (bicyclic) bond motifs is 10. The van der Waals surface area contributed by atoms with E-state index in [1.807, 2.05) is 6.08 Å². The van der Waals surface area contributed by atoms with Gasteiger partial charge in [-0.25, -0.2) is 0 Å². The fourth-order valence-electron chi connectivity index (χ4n) is 6.92. The summed E-state index contributed by atoms with van der Waals surface area (Å²) in [5, 5.41) is 17.5. The zero-order valence-electron chi connectivity index (χ0n) is 24.3. The van der Waals surface area contributed by atoms with Gasteiger partial charge in [0.25, 0.3) is 0 Å². The maximum absolute atomic E-state index is 9.13. The molecule has 5 aromatic rings. The van der Waals surface area contributed by atoms with Gasteiger partial charge in [-0.05, 0) is 85.0 Å². The normalized spacial score (nSPS) is 13.6. The number of benzene rings is 5. The molecule has 2 aliphatic rings. The zero-order valence-corrected chi connectivity index (χ0v) is 24.3. The van der Waals surface area contributed by atoms with Crippen molar-refractivity contribution in [2.75, 3.05) is 0 Å². The van der Waals surface area contributed by atoms with E-state index in [2.05, 4.69) is 134 Å². The molecule has 0 saturated carbocycles. The van der Waals surface area contributed by atoms with Gasteiger partial charge in [0, 0.05) is 17.7 Å². The van der Waals surface area contributed by atoms with Crippen LogP contribution in [0.4, 0.5) is 0 Å². The highest BCUT2D eigenvalue weighted by Gasteiger charge is 2.51. The van der Waals surface area contributed by atoms with Gasteiger partial charge in [0.2, 0.25) is 0 Å². The van der Waals surface area contributed by atoms with E-state index in [1.54, 1.807) is 12.2 Å². The standard InChI is InChI=1S/C42H30N2/c1-3-29(27-43)18-22-33(44)21-17-28(2)31-19-23-40-36(25-31)37-26-32(30-11-5-4-6-12-30)20-24-41(37)42(40)38-15-9-7-13-34(38)35-14-8-10-16-39(35)42/h3-21,23-26,44H,1-2,22H2/b21-17-,29-18+,44-33?. The molecule has 2 aliphatic carbocycles. The fourth-order valence-corrected chi connectivity index (χ4v) is 6.92. The summed E-state index contributed by atoms with van der Waals surface area (Å²) in [5.74, 6) is 0. The minimum Gasteiger partial charge on any atom is -0.305 e. The minimum absolute atomic E-state index is 0.361. The van der Waals surface area contributed by atoms with Gasteiger partial charge in [0.15, 0.2) is 0 Å². The lowest BCUT2D eigenvalue weighted by Gasteiger charge is -2.30. The second kappa shape index (κ2) is 10.8. The summed E-state index contributed by atoms with van der Waals surface area (Å²) in [7, 11) is 0. The molecule has 0 bridgehead atoms. The average molecular weight is 563 g/mol. The van der Waals surface area contributed by atoms with Crippen LogP contribution in [0.25, 0.3) is 39.0 Å². The molecule has 1 N–H and O–H groups in total. The van der Waals surface area contributed by atoms with E-state index in [1.165, 1.54) is 61.7 Å². The maximum atomic E-state index is 9.13. The molecule has 44 heavy (non-hydrogen) atoms. The highest BCUT2D eigenvalue weighted by atomic mass is 14.5. The van der Waals surface area contributed by atoms with Crippen LogP contribution in [0.5, 0.6) is 0 Å². The lowest BCUT2D eigenvalue weighted by molar-refractivity contribution is 0.794. The molecular weight excluding hydrogens is 532 g/mol. The summed E-state index contributed by atoms with van der Waals surface area (Å²) in [6, 6.07) is 43.9. The van der Waals surface area contributed by atoms with Crippen LogP contribution in [-0.4, -0.2) is 5.71 Å². The predicted octanol–water partition coefficient (Wildman–Crippen LogP) is 10.3. The molecular formula is C42H30N2. The van der Waals surface area contributed by atoms with E-state index in [0.717, 1.165) is 11.1 Å². The molecule has 1 spiro atoms. The van der Waals surface area contributed by atoms with Crippen molar-refractivity contribution in [1.29, 1.82) is 10.7 Å². The zero-order chi connectivity index (χ0) is 30.3. The second-order valence-corrected chi connectivity index (χ2v) is 11.3. The Labute approximate surface area is 258 Å². The van der Waals surface area contributed by atoms with Gasteiger partial charge in [0.05, 0.1) is 11.5 Å². The van der Waals surface area contributed by atoms with Gasteiger partial charge in [-0.3, -0.25) is 0 Å². The van der Waals surface area contributed by atoms with E-state index in [4.69, 9.17) is 10.7 Å². The lowest BCUT2D eigenvalue weighted by Crippen LogP contribution is -2.25. The van der Waals surface area contributed by atoms with Crippen molar-refractivity contribution in [3.05, 3.63) is 186 Å². The number of nitriles is 1. The summed E-state index contributed by atoms with van der Waals surface area (Å²) in [6.07, 6.45) is 7.24. The van der Waals surface area contributed by atoms with Crippen LogP contribution in [-0.2, 0) is 5.41 Å². The molecule has 7 rings (SSSR count). The highest BCUT2D eigenvalue weighted by molar-refractivity contribution is 5.98. The van der Waals surface area contributed by atoms with Gasteiger partial charge < -0.3 is 5.41 Å². The van der Waals surface area contributed by atoms with Crippen LogP contribution < -0.4 is 0 Å². The Morgan fingerprint density at radius 2 is 1.27 bits per heavy atom. The summed E-state index contributed by atoms with van der Waals surface area (Å²) < 4.78 is 0. The van der Waals surface area contributed by atoms with Crippen molar-refractivity contribution < 1.29 is 0 Å².